The molecule has 0 aliphatic carbocycles. The Morgan fingerprint density at radius 3 is 2.50 bits per heavy atom. The first-order valence-electron chi connectivity index (χ1n) is 12.2. The van der Waals surface area contributed by atoms with E-state index in [-0.39, 0.29) is 5.91 Å². The van der Waals surface area contributed by atoms with Crippen LogP contribution in [0.15, 0.2) is 48.5 Å². The van der Waals surface area contributed by atoms with Crippen molar-refractivity contribution in [3.05, 3.63) is 59.7 Å². The largest absolute Gasteiger partial charge is 0.496 e. The molecule has 36 heavy (non-hydrogen) atoms. The van der Waals surface area contributed by atoms with Crippen LogP contribution < -0.4 is 14.4 Å². The Balaban J connectivity index is 1.52. The van der Waals surface area contributed by atoms with Crippen LogP contribution in [0.1, 0.15) is 22.3 Å². The molecule has 4 aromatic rings. The summed E-state index contributed by atoms with van der Waals surface area (Å²) < 4.78 is 17.7. The first kappa shape index (κ1) is 24.5. The zero-order chi connectivity index (χ0) is 25.1. The zero-order valence-electron chi connectivity index (χ0n) is 21.0. The van der Waals surface area contributed by atoms with Gasteiger partial charge in [0.1, 0.15) is 17.0 Å². The lowest BCUT2D eigenvalue weighted by molar-refractivity contribution is 0.0376. The number of morpholine rings is 1. The maximum atomic E-state index is 14.1. The third-order valence-corrected chi connectivity index (χ3v) is 7.86. The van der Waals surface area contributed by atoms with E-state index in [1.807, 2.05) is 48.5 Å². The van der Waals surface area contributed by atoms with Crippen LogP contribution in [0.5, 0.6) is 11.5 Å². The van der Waals surface area contributed by atoms with E-state index in [0.29, 0.717) is 28.7 Å². The summed E-state index contributed by atoms with van der Waals surface area (Å²) in [6, 6.07) is 15.8. The number of nitrogens with zero attached hydrogens (tertiary/aromatic N) is 3. The predicted molar refractivity (Wildman–Crippen MR) is 145 cm³/mol. The van der Waals surface area contributed by atoms with Crippen LogP contribution in [-0.4, -0.2) is 69.4 Å². The second-order valence-corrected chi connectivity index (χ2v) is 9.90. The molecule has 0 N–H and O–H groups in total. The Kier molecular flexibility index (Phi) is 7.36. The lowest BCUT2D eigenvalue weighted by atomic mass is 10.0. The molecule has 1 fully saturated rings. The fraction of sp³-hybridized carbons (Fsp3) is 0.357. The molecule has 1 saturated heterocycles. The lowest BCUT2D eigenvalue weighted by Gasteiger charge is -2.28. The molecule has 1 aliphatic rings. The van der Waals surface area contributed by atoms with E-state index in [9.17, 15) is 4.79 Å². The van der Waals surface area contributed by atoms with Gasteiger partial charge < -0.3 is 14.2 Å². The van der Waals surface area contributed by atoms with Crippen LogP contribution in [0, 0.1) is 6.92 Å². The van der Waals surface area contributed by atoms with Gasteiger partial charge in [0.2, 0.25) is 0 Å². The number of anilines is 1. The Labute approximate surface area is 215 Å². The molecule has 0 saturated carbocycles. The highest BCUT2D eigenvalue weighted by molar-refractivity contribution is 7.22. The molecular weight excluding hydrogens is 474 g/mol. The predicted octanol–water partition coefficient (Wildman–Crippen LogP) is 5.14. The van der Waals surface area contributed by atoms with Crippen LogP contribution in [0.25, 0.3) is 21.0 Å². The number of ether oxygens (including phenoxy) is 3. The van der Waals surface area contributed by atoms with E-state index in [1.165, 1.54) is 11.3 Å². The summed E-state index contributed by atoms with van der Waals surface area (Å²) in [4.78, 5) is 23.2. The van der Waals surface area contributed by atoms with Gasteiger partial charge in [-0.25, -0.2) is 4.98 Å². The van der Waals surface area contributed by atoms with Gasteiger partial charge in [0.15, 0.2) is 5.13 Å². The molecule has 3 aromatic carbocycles. The fourth-order valence-electron chi connectivity index (χ4n) is 4.64. The molecule has 188 valence electrons. The van der Waals surface area contributed by atoms with Gasteiger partial charge >= 0.3 is 0 Å². The van der Waals surface area contributed by atoms with Crippen molar-refractivity contribution in [2.45, 2.75) is 13.3 Å². The molecule has 5 rings (SSSR count). The van der Waals surface area contributed by atoms with Crippen molar-refractivity contribution in [2.24, 2.45) is 0 Å². The van der Waals surface area contributed by atoms with E-state index >= 15 is 0 Å². The summed E-state index contributed by atoms with van der Waals surface area (Å²) in [5.41, 5.74) is 2.43. The standard InChI is InChI=1S/C28H31N3O4S/c1-19-9-10-23(33-2)25-26(19)36-28(29-25)31(12-6-11-30-13-15-35-16-14-30)27(32)22-17-20-7-4-5-8-21(20)18-24(22)34-3/h4-5,7-10,17-18H,6,11-16H2,1-3H3. The summed E-state index contributed by atoms with van der Waals surface area (Å²) in [6.45, 7) is 6.86. The molecule has 0 unspecified atom stereocenters. The number of thiazole rings is 1. The van der Waals surface area contributed by atoms with Crippen LogP contribution in [-0.2, 0) is 4.74 Å². The number of rotatable bonds is 8. The van der Waals surface area contributed by atoms with Gasteiger partial charge in [-0.2, -0.15) is 0 Å². The summed E-state index contributed by atoms with van der Waals surface area (Å²) in [5, 5.41) is 2.70. The van der Waals surface area contributed by atoms with Gasteiger partial charge in [0, 0.05) is 26.2 Å². The normalized spacial score (nSPS) is 14.3. The molecule has 8 heteroatoms. The smallest absolute Gasteiger partial charge is 0.263 e. The van der Waals surface area contributed by atoms with Crippen LogP contribution >= 0.6 is 11.3 Å². The molecule has 0 atom stereocenters. The molecule has 1 aromatic heterocycles. The summed E-state index contributed by atoms with van der Waals surface area (Å²) in [5.74, 6) is 1.16. The number of hydrogen-bond donors (Lipinski definition) is 0. The molecule has 7 nitrogen and oxygen atoms in total. The van der Waals surface area contributed by atoms with Crippen molar-refractivity contribution in [1.29, 1.82) is 0 Å². The molecule has 0 bridgehead atoms. The monoisotopic (exact) mass is 505 g/mol. The van der Waals surface area contributed by atoms with E-state index < -0.39 is 0 Å². The van der Waals surface area contributed by atoms with E-state index in [0.717, 1.165) is 65.8 Å². The zero-order valence-corrected chi connectivity index (χ0v) is 21.8. The SMILES string of the molecule is COc1cc2ccccc2cc1C(=O)N(CCCN1CCOCC1)c1nc2c(OC)ccc(C)c2s1. The number of hydrogen-bond acceptors (Lipinski definition) is 7. The second kappa shape index (κ2) is 10.8. The third-order valence-electron chi connectivity index (χ3n) is 6.65. The molecule has 2 heterocycles. The number of methoxy groups -OCH3 is 2. The van der Waals surface area contributed by atoms with Crippen LogP contribution in [0.4, 0.5) is 5.13 Å². The summed E-state index contributed by atoms with van der Waals surface area (Å²) in [6.07, 6.45) is 0.827. The number of fused-ring (bicyclic) bond motifs is 2. The van der Waals surface area contributed by atoms with E-state index in [2.05, 4.69) is 11.8 Å². The van der Waals surface area contributed by atoms with Crippen LogP contribution in [0.2, 0.25) is 0 Å². The molecule has 1 aliphatic heterocycles. The van der Waals surface area contributed by atoms with E-state index in [1.54, 1.807) is 19.1 Å². The van der Waals surface area contributed by atoms with Crippen molar-refractivity contribution in [1.82, 2.24) is 9.88 Å². The number of carbonyl (C=O) groups excluding carboxylic acids is 1. The third kappa shape index (κ3) is 4.89. The lowest BCUT2D eigenvalue weighted by Crippen LogP contribution is -2.39. The Hall–Kier alpha value is -3.20. The maximum Gasteiger partial charge on any atom is 0.263 e. The number of carbonyl (C=O) groups is 1. The fourth-order valence-corrected chi connectivity index (χ4v) is 5.72. The second-order valence-electron chi connectivity index (χ2n) is 8.92. The van der Waals surface area contributed by atoms with Gasteiger partial charge in [-0.1, -0.05) is 41.7 Å². The first-order chi connectivity index (χ1) is 17.6. The molecule has 0 spiro atoms. The number of benzene rings is 3. The Morgan fingerprint density at radius 2 is 1.78 bits per heavy atom. The minimum Gasteiger partial charge on any atom is -0.496 e. The minimum atomic E-state index is -0.116. The van der Waals surface area contributed by atoms with Gasteiger partial charge in [0.25, 0.3) is 5.91 Å². The Morgan fingerprint density at radius 1 is 1.06 bits per heavy atom. The first-order valence-corrected chi connectivity index (χ1v) is 13.0. The average molecular weight is 506 g/mol. The Bertz CT molecular complexity index is 1380. The highest BCUT2D eigenvalue weighted by Gasteiger charge is 2.26. The van der Waals surface area contributed by atoms with Gasteiger partial charge in [-0.3, -0.25) is 14.6 Å². The number of amides is 1. The van der Waals surface area contributed by atoms with E-state index in [4.69, 9.17) is 19.2 Å². The molecule has 0 radical (unpaired) electrons. The minimum absolute atomic E-state index is 0.116. The van der Waals surface area contributed by atoms with Crippen molar-refractivity contribution in [2.75, 3.05) is 58.5 Å². The highest BCUT2D eigenvalue weighted by Crippen LogP contribution is 2.38. The van der Waals surface area contributed by atoms with Crippen molar-refractivity contribution >= 4 is 43.4 Å². The van der Waals surface area contributed by atoms with Gasteiger partial charge in [-0.15, -0.1) is 0 Å². The summed E-state index contributed by atoms with van der Waals surface area (Å²) in [7, 11) is 3.25. The van der Waals surface area contributed by atoms with Crippen LogP contribution in [0.3, 0.4) is 0 Å². The molecular formula is C28H31N3O4S. The number of aromatic nitrogens is 1. The average Bonchev–Trinajstić information content (AvgIpc) is 3.37. The summed E-state index contributed by atoms with van der Waals surface area (Å²) >= 11 is 1.53. The van der Waals surface area contributed by atoms with Gasteiger partial charge in [0.05, 0.1) is 37.7 Å². The maximum absolute atomic E-state index is 14.1. The molecule has 1 amide bonds. The van der Waals surface area contributed by atoms with Crippen molar-refractivity contribution < 1.29 is 19.0 Å². The topological polar surface area (TPSA) is 64.1 Å². The van der Waals surface area contributed by atoms with Crippen molar-refractivity contribution in [3.63, 3.8) is 0 Å². The number of aryl methyl sites for hydroxylation is 1. The quantitative estimate of drug-likeness (QED) is 0.330. The highest BCUT2D eigenvalue weighted by atomic mass is 32.1. The van der Waals surface area contributed by atoms with Gasteiger partial charge in [-0.05, 0) is 47.9 Å². The van der Waals surface area contributed by atoms with Crippen molar-refractivity contribution in [3.8, 4) is 11.5 Å².